The van der Waals surface area contributed by atoms with E-state index in [1.807, 2.05) is 0 Å². The topological polar surface area (TPSA) is 60.2 Å². The van der Waals surface area contributed by atoms with E-state index in [9.17, 15) is 8.42 Å². The van der Waals surface area contributed by atoms with Crippen LogP contribution >= 0.6 is 0 Å². The normalized spacial score (nSPS) is 41.1. The minimum Gasteiger partial charge on any atom is -0.327 e. The van der Waals surface area contributed by atoms with Crippen LogP contribution in [0.4, 0.5) is 0 Å². The summed E-state index contributed by atoms with van der Waals surface area (Å²) >= 11 is 0. The molecule has 0 bridgehead atoms. The molecule has 1 saturated heterocycles. The molecule has 0 radical (unpaired) electrons. The molecule has 12 heavy (non-hydrogen) atoms. The summed E-state index contributed by atoms with van der Waals surface area (Å²) in [4.78, 5) is 0. The maximum atomic E-state index is 11.2. The number of hydrogen-bond donors (Lipinski definition) is 1. The maximum absolute atomic E-state index is 11.2. The summed E-state index contributed by atoms with van der Waals surface area (Å²) in [6.45, 7) is 0. The summed E-state index contributed by atoms with van der Waals surface area (Å²) in [5, 5.41) is 0. The molecule has 70 valence electrons. The van der Waals surface area contributed by atoms with E-state index in [1.54, 1.807) is 0 Å². The molecule has 2 N–H and O–H groups in total. The third-order valence-electron chi connectivity index (χ3n) is 2.99. The maximum Gasteiger partial charge on any atom is 0.151 e. The fourth-order valence-corrected chi connectivity index (χ4v) is 3.77. The van der Waals surface area contributed by atoms with Crippen molar-refractivity contribution in [1.82, 2.24) is 0 Å². The molecule has 1 heterocycles. The van der Waals surface area contributed by atoms with Gasteiger partial charge in [0.1, 0.15) is 0 Å². The summed E-state index contributed by atoms with van der Waals surface area (Å²) in [6, 6.07) is -0.0868. The van der Waals surface area contributed by atoms with E-state index < -0.39 is 9.84 Å². The van der Waals surface area contributed by atoms with Crippen LogP contribution in [-0.4, -0.2) is 26.0 Å². The predicted molar refractivity (Wildman–Crippen MR) is 47.5 cm³/mol. The fraction of sp³-hybridized carbons (Fsp3) is 1.00. The first-order valence-electron chi connectivity index (χ1n) is 4.54. The molecule has 0 aromatic carbocycles. The minimum atomic E-state index is -2.80. The second kappa shape index (κ2) is 2.70. The lowest BCUT2D eigenvalue weighted by atomic mass is 9.93. The van der Waals surface area contributed by atoms with Crippen LogP contribution in [0.15, 0.2) is 0 Å². The Morgan fingerprint density at radius 1 is 1.17 bits per heavy atom. The molecule has 0 aromatic rings. The number of hydrogen-bond acceptors (Lipinski definition) is 3. The monoisotopic (exact) mass is 189 g/mol. The lowest BCUT2D eigenvalue weighted by Crippen LogP contribution is -2.43. The van der Waals surface area contributed by atoms with Gasteiger partial charge in [0.15, 0.2) is 9.84 Å². The molecule has 2 fully saturated rings. The van der Waals surface area contributed by atoms with Crippen molar-refractivity contribution in [2.24, 2.45) is 17.6 Å². The summed E-state index contributed by atoms with van der Waals surface area (Å²) in [5.74, 6) is 1.82. The minimum absolute atomic E-state index is 0.0868. The van der Waals surface area contributed by atoms with Crippen molar-refractivity contribution >= 4 is 9.84 Å². The SMILES string of the molecule is NC1CS(=O)(=O)CCC1C1CC1. The highest BCUT2D eigenvalue weighted by Crippen LogP contribution is 2.41. The summed E-state index contributed by atoms with van der Waals surface area (Å²) in [7, 11) is -2.80. The van der Waals surface area contributed by atoms with Crippen LogP contribution in [0.5, 0.6) is 0 Å². The van der Waals surface area contributed by atoms with Gasteiger partial charge in [-0.25, -0.2) is 8.42 Å². The average Bonchev–Trinajstić information content (AvgIpc) is 2.67. The van der Waals surface area contributed by atoms with E-state index in [1.165, 1.54) is 12.8 Å². The molecule has 3 nitrogen and oxygen atoms in total. The van der Waals surface area contributed by atoms with Crippen LogP contribution in [-0.2, 0) is 9.84 Å². The van der Waals surface area contributed by atoms with E-state index in [0.717, 1.165) is 12.3 Å². The Labute approximate surface area is 73.2 Å². The van der Waals surface area contributed by atoms with Crippen molar-refractivity contribution in [1.29, 1.82) is 0 Å². The molecular weight excluding hydrogens is 174 g/mol. The van der Waals surface area contributed by atoms with Gasteiger partial charge in [-0.05, 0) is 31.1 Å². The highest BCUT2D eigenvalue weighted by Gasteiger charge is 2.39. The third-order valence-corrected chi connectivity index (χ3v) is 4.74. The first-order valence-corrected chi connectivity index (χ1v) is 6.37. The molecule has 0 aromatic heterocycles. The summed E-state index contributed by atoms with van der Waals surface area (Å²) < 4.78 is 22.3. The molecule has 1 aliphatic heterocycles. The lowest BCUT2D eigenvalue weighted by Gasteiger charge is -2.28. The fourth-order valence-electron chi connectivity index (χ4n) is 2.14. The third kappa shape index (κ3) is 1.64. The van der Waals surface area contributed by atoms with E-state index >= 15 is 0 Å². The summed E-state index contributed by atoms with van der Waals surface area (Å²) in [5.41, 5.74) is 5.82. The zero-order valence-corrected chi connectivity index (χ0v) is 7.89. The first kappa shape index (κ1) is 8.51. The molecule has 4 heteroatoms. The van der Waals surface area contributed by atoms with Crippen LogP contribution in [0.2, 0.25) is 0 Å². The van der Waals surface area contributed by atoms with Gasteiger partial charge in [-0.1, -0.05) is 0 Å². The second-order valence-electron chi connectivity index (χ2n) is 4.07. The van der Waals surface area contributed by atoms with Crippen LogP contribution in [0.3, 0.4) is 0 Å². The zero-order chi connectivity index (χ0) is 8.77. The Bertz CT molecular complexity index is 269. The van der Waals surface area contributed by atoms with Gasteiger partial charge in [-0.2, -0.15) is 0 Å². The number of sulfone groups is 1. The van der Waals surface area contributed by atoms with Gasteiger partial charge >= 0.3 is 0 Å². The highest BCUT2D eigenvalue weighted by atomic mass is 32.2. The van der Waals surface area contributed by atoms with E-state index in [4.69, 9.17) is 5.73 Å². The molecule has 1 aliphatic carbocycles. The van der Waals surface area contributed by atoms with E-state index in [2.05, 4.69) is 0 Å². The van der Waals surface area contributed by atoms with Gasteiger partial charge in [0, 0.05) is 6.04 Å². The van der Waals surface area contributed by atoms with Crippen LogP contribution in [0, 0.1) is 11.8 Å². The van der Waals surface area contributed by atoms with E-state index in [0.29, 0.717) is 11.7 Å². The molecule has 0 spiro atoms. The van der Waals surface area contributed by atoms with Crippen molar-refractivity contribution < 1.29 is 8.42 Å². The van der Waals surface area contributed by atoms with Crippen LogP contribution < -0.4 is 5.73 Å². The predicted octanol–water partition coefficient (Wildman–Crippen LogP) is 0.158. The van der Waals surface area contributed by atoms with Gasteiger partial charge in [-0.3, -0.25) is 0 Å². The lowest BCUT2D eigenvalue weighted by molar-refractivity contribution is 0.367. The van der Waals surface area contributed by atoms with Gasteiger partial charge in [0.2, 0.25) is 0 Å². The van der Waals surface area contributed by atoms with Gasteiger partial charge in [-0.15, -0.1) is 0 Å². The Morgan fingerprint density at radius 3 is 2.33 bits per heavy atom. The largest absolute Gasteiger partial charge is 0.327 e. The second-order valence-corrected chi connectivity index (χ2v) is 6.30. The van der Waals surface area contributed by atoms with Crippen molar-refractivity contribution in [3.8, 4) is 0 Å². The first-order chi connectivity index (χ1) is 5.58. The Kier molecular flexibility index (Phi) is 1.92. The van der Waals surface area contributed by atoms with Gasteiger partial charge < -0.3 is 5.73 Å². The Balaban J connectivity index is 2.04. The smallest absolute Gasteiger partial charge is 0.151 e. The van der Waals surface area contributed by atoms with E-state index in [-0.39, 0.29) is 11.8 Å². The molecule has 0 amide bonds. The van der Waals surface area contributed by atoms with Gasteiger partial charge in [0.05, 0.1) is 11.5 Å². The summed E-state index contributed by atoms with van der Waals surface area (Å²) in [6.07, 6.45) is 3.32. The van der Waals surface area contributed by atoms with Crippen molar-refractivity contribution in [3.05, 3.63) is 0 Å². The molecule has 1 saturated carbocycles. The number of rotatable bonds is 1. The standard InChI is InChI=1S/C8H15NO2S/c9-8-5-12(10,11)4-3-7(8)6-1-2-6/h6-8H,1-5,9H2. The quantitative estimate of drug-likeness (QED) is 0.639. The van der Waals surface area contributed by atoms with Crippen LogP contribution in [0.1, 0.15) is 19.3 Å². The van der Waals surface area contributed by atoms with Crippen molar-refractivity contribution in [2.75, 3.05) is 11.5 Å². The number of nitrogens with two attached hydrogens (primary N) is 1. The Hall–Kier alpha value is -0.0900. The van der Waals surface area contributed by atoms with Crippen molar-refractivity contribution in [3.63, 3.8) is 0 Å². The molecule has 2 unspecified atom stereocenters. The average molecular weight is 189 g/mol. The van der Waals surface area contributed by atoms with Gasteiger partial charge in [0.25, 0.3) is 0 Å². The Morgan fingerprint density at radius 2 is 1.83 bits per heavy atom. The highest BCUT2D eigenvalue weighted by molar-refractivity contribution is 7.91. The molecular formula is C8H15NO2S. The molecule has 2 rings (SSSR count). The zero-order valence-electron chi connectivity index (χ0n) is 7.07. The van der Waals surface area contributed by atoms with Crippen LogP contribution in [0.25, 0.3) is 0 Å². The molecule has 2 atom stereocenters. The molecule has 2 aliphatic rings. The van der Waals surface area contributed by atoms with Crippen molar-refractivity contribution in [2.45, 2.75) is 25.3 Å².